The minimum atomic E-state index is 0.666. The largest absolute Gasteiger partial charge is 0.460 e. The number of hydrazone groups is 1. The molecule has 0 aliphatic carbocycles. The molecule has 0 bridgehead atoms. The standard InChI is InChI=1S/C18H13BrN4O/c1-11-2-5-16(24-11)17-14-10-13(19)3-4-15(14)21-18(23-22-17)12-6-8-20-9-7-12/h2-10H,1H3,(H,21,23). The fraction of sp³-hybridized carbons (Fsp3) is 0.0556. The van der Waals surface area contributed by atoms with Crippen molar-refractivity contribution < 1.29 is 4.42 Å². The summed E-state index contributed by atoms with van der Waals surface area (Å²) in [7, 11) is 0. The molecule has 1 N–H and O–H groups in total. The van der Waals surface area contributed by atoms with Crippen LogP contribution in [-0.2, 0) is 0 Å². The van der Waals surface area contributed by atoms with Gasteiger partial charge < -0.3 is 4.42 Å². The summed E-state index contributed by atoms with van der Waals surface area (Å²) in [6.07, 6.45) is 3.46. The molecule has 4 rings (SSSR count). The molecule has 0 radical (unpaired) electrons. The fourth-order valence-electron chi connectivity index (χ4n) is 2.50. The van der Waals surface area contributed by atoms with Gasteiger partial charge in [-0.15, -0.1) is 0 Å². The summed E-state index contributed by atoms with van der Waals surface area (Å²) < 4.78 is 6.73. The van der Waals surface area contributed by atoms with Gasteiger partial charge >= 0.3 is 0 Å². The molecule has 1 aliphatic heterocycles. The highest BCUT2D eigenvalue weighted by Crippen LogP contribution is 2.29. The molecule has 1 aliphatic rings. The van der Waals surface area contributed by atoms with Crippen LogP contribution in [0.1, 0.15) is 22.6 Å². The second-order valence-corrected chi connectivity index (χ2v) is 6.26. The van der Waals surface area contributed by atoms with E-state index in [2.05, 4.69) is 31.4 Å². The van der Waals surface area contributed by atoms with E-state index in [1.54, 1.807) is 12.4 Å². The van der Waals surface area contributed by atoms with Crippen molar-refractivity contribution in [2.24, 2.45) is 10.1 Å². The van der Waals surface area contributed by atoms with Crippen LogP contribution in [0.2, 0.25) is 0 Å². The minimum absolute atomic E-state index is 0.666. The van der Waals surface area contributed by atoms with E-state index in [-0.39, 0.29) is 0 Å². The van der Waals surface area contributed by atoms with E-state index in [1.165, 1.54) is 0 Å². The van der Waals surface area contributed by atoms with Crippen LogP contribution >= 0.6 is 15.9 Å². The third-order valence-corrected chi connectivity index (χ3v) is 4.14. The summed E-state index contributed by atoms with van der Waals surface area (Å²) in [6.45, 7) is 1.91. The Kier molecular flexibility index (Phi) is 3.74. The molecule has 0 fully saturated rings. The van der Waals surface area contributed by atoms with Crippen molar-refractivity contribution in [1.82, 2.24) is 10.4 Å². The molecule has 6 heteroatoms. The van der Waals surface area contributed by atoms with Crippen molar-refractivity contribution in [3.63, 3.8) is 0 Å². The van der Waals surface area contributed by atoms with Gasteiger partial charge in [0.15, 0.2) is 11.6 Å². The number of halogens is 1. The number of rotatable bonds is 2. The van der Waals surface area contributed by atoms with Gasteiger partial charge in [-0.1, -0.05) is 15.9 Å². The monoisotopic (exact) mass is 380 g/mol. The zero-order valence-electron chi connectivity index (χ0n) is 12.8. The number of amidine groups is 1. The molecule has 5 nitrogen and oxygen atoms in total. The number of aromatic nitrogens is 1. The van der Waals surface area contributed by atoms with Crippen molar-refractivity contribution in [1.29, 1.82) is 0 Å². The number of furan rings is 1. The molecule has 0 saturated heterocycles. The van der Waals surface area contributed by atoms with E-state index in [9.17, 15) is 0 Å². The maximum Gasteiger partial charge on any atom is 0.155 e. The van der Waals surface area contributed by atoms with E-state index in [1.807, 2.05) is 49.4 Å². The first-order valence-electron chi connectivity index (χ1n) is 7.40. The lowest BCUT2D eigenvalue weighted by Gasteiger charge is -2.05. The molecule has 118 valence electrons. The van der Waals surface area contributed by atoms with Gasteiger partial charge in [-0.2, -0.15) is 5.10 Å². The molecular formula is C18H13BrN4O. The van der Waals surface area contributed by atoms with E-state index >= 15 is 0 Å². The molecule has 3 heterocycles. The number of fused-ring (bicyclic) bond motifs is 1. The van der Waals surface area contributed by atoms with Gasteiger partial charge in [-0.3, -0.25) is 10.4 Å². The molecule has 1 aromatic carbocycles. The fourth-order valence-corrected chi connectivity index (χ4v) is 2.86. The van der Waals surface area contributed by atoms with E-state index in [4.69, 9.17) is 9.41 Å². The number of hydrogen-bond acceptors (Lipinski definition) is 5. The topological polar surface area (TPSA) is 62.8 Å². The van der Waals surface area contributed by atoms with Gasteiger partial charge in [0, 0.05) is 28.0 Å². The highest BCUT2D eigenvalue weighted by atomic mass is 79.9. The van der Waals surface area contributed by atoms with Gasteiger partial charge in [-0.25, -0.2) is 4.99 Å². The smallest absolute Gasteiger partial charge is 0.155 e. The number of pyridine rings is 1. The van der Waals surface area contributed by atoms with E-state index in [0.29, 0.717) is 17.3 Å². The summed E-state index contributed by atoms with van der Waals surface area (Å²) in [5, 5.41) is 4.55. The van der Waals surface area contributed by atoms with Gasteiger partial charge in [0.05, 0.1) is 5.69 Å². The summed E-state index contributed by atoms with van der Waals surface area (Å²) in [4.78, 5) is 8.78. The van der Waals surface area contributed by atoms with Crippen molar-refractivity contribution >= 4 is 33.2 Å². The van der Waals surface area contributed by atoms with Crippen LogP contribution in [0.25, 0.3) is 0 Å². The second kappa shape index (κ2) is 6.05. The van der Waals surface area contributed by atoms with Crippen LogP contribution < -0.4 is 5.43 Å². The molecule has 0 saturated carbocycles. The van der Waals surface area contributed by atoms with Gasteiger partial charge in [0.2, 0.25) is 0 Å². The van der Waals surface area contributed by atoms with E-state index in [0.717, 1.165) is 27.0 Å². The van der Waals surface area contributed by atoms with Crippen LogP contribution in [0.5, 0.6) is 0 Å². The van der Waals surface area contributed by atoms with Crippen LogP contribution in [-0.4, -0.2) is 16.5 Å². The van der Waals surface area contributed by atoms with Crippen molar-refractivity contribution in [2.45, 2.75) is 6.92 Å². The van der Waals surface area contributed by atoms with Crippen LogP contribution in [0.15, 0.2) is 73.8 Å². The maximum absolute atomic E-state index is 5.77. The van der Waals surface area contributed by atoms with Crippen LogP contribution in [0, 0.1) is 6.92 Å². The van der Waals surface area contributed by atoms with Gasteiger partial charge in [-0.05, 0) is 49.4 Å². The molecule has 2 aromatic heterocycles. The molecule has 0 spiro atoms. The average molecular weight is 381 g/mol. The molecule has 0 unspecified atom stereocenters. The zero-order valence-corrected chi connectivity index (χ0v) is 14.4. The number of nitrogens with zero attached hydrogens (tertiary/aromatic N) is 3. The van der Waals surface area contributed by atoms with Crippen LogP contribution in [0.3, 0.4) is 0 Å². The van der Waals surface area contributed by atoms with Gasteiger partial charge in [0.25, 0.3) is 0 Å². The Balaban J connectivity index is 1.88. The van der Waals surface area contributed by atoms with Crippen molar-refractivity contribution in [3.05, 3.63) is 82.0 Å². The first-order chi connectivity index (χ1) is 11.7. The molecule has 0 atom stereocenters. The Labute approximate surface area is 147 Å². The van der Waals surface area contributed by atoms with Crippen molar-refractivity contribution in [2.75, 3.05) is 0 Å². The Morgan fingerprint density at radius 1 is 1.04 bits per heavy atom. The second-order valence-electron chi connectivity index (χ2n) is 5.34. The summed E-state index contributed by atoms with van der Waals surface area (Å²) in [6, 6.07) is 13.5. The summed E-state index contributed by atoms with van der Waals surface area (Å²) in [5.74, 6) is 2.20. The number of hydrogen-bond donors (Lipinski definition) is 1. The molecule has 0 amide bonds. The highest BCUT2D eigenvalue weighted by Gasteiger charge is 2.19. The molecule has 24 heavy (non-hydrogen) atoms. The molecule has 3 aromatic rings. The average Bonchev–Trinajstić information content (AvgIpc) is 2.93. The molecular weight excluding hydrogens is 368 g/mol. The quantitative estimate of drug-likeness (QED) is 0.725. The normalized spacial score (nSPS) is 13.4. The lowest BCUT2D eigenvalue weighted by Crippen LogP contribution is -2.19. The number of aliphatic imine (C=N–C) groups is 1. The van der Waals surface area contributed by atoms with Crippen LogP contribution in [0.4, 0.5) is 5.69 Å². The Morgan fingerprint density at radius 2 is 1.88 bits per heavy atom. The zero-order chi connectivity index (χ0) is 16.5. The Bertz CT molecular complexity index is 960. The lowest BCUT2D eigenvalue weighted by molar-refractivity contribution is 0.525. The van der Waals surface area contributed by atoms with E-state index < -0.39 is 0 Å². The number of benzene rings is 1. The first-order valence-corrected chi connectivity index (χ1v) is 8.19. The lowest BCUT2D eigenvalue weighted by atomic mass is 10.1. The predicted molar refractivity (Wildman–Crippen MR) is 96.8 cm³/mol. The Hall–Kier alpha value is -2.73. The highest BCUT2D eigenvalue weighted by molar-refractivity contribution is 9.10. The Morgan fingerprint density at radius 3 is 2.62 bits per heavy atom. The third kappa shape index (κ3) is 2.76. The van der Waals surface area contributed by atoms with Crippen molar-refractivity contribution in [3.8, 4) is 0 Å². The van der Waals surface area contributed by atoms with Gasteiger partial charge in [0.1, 0.15) is 11.5 Å². The first kappa shape index (κ1) is 14.8. The number of aryl methyl sites for hydroxylation is 1. The SMILES string of the molecule is Cc1ccc(C2=NNC(c3ccncc3)=Nc3ccc(Br)cc32)o1. The number of nitrogens with one attached hydrogen (secondary N) is 1. The predicted octanol–water partition coefficient (Wildman–Crippen LogP) is 4.18. The summed E-state index contributed by atoms with van der Waals surface area (Å²) in [5.41, 5.74) is 6.41. The minimum Gasteiger partial charge on any atom is -0.460 e. The third-order valence-electron chi connectivity index (χ3n) is 3.65. The summed E-state index contributed by atoms with van der Waals surface area (Å²) >= 11 is 3.52. The maximum atomic E-state index is 5.77.